The Morgan fingerprint density at radius 2 is 1.97 bits per heavy atom. The molecular weight excluding hydrogens is 494 g/mol. The number of thiazole rings is 1. The first kappa shape index (κ1) is 23.8. The van der Waals surface area contributed by atoms with E-state index in [4.69, 9.17) is 4.74 Å². The van der Waals surface area contributed by atoms with Crippen molar-refractivity contribution in [1.82, 2.24) is 4.57 Å². The minimum atomic E-state index is -0.596. The highest BCUT2D eigenvalue weighted by Gasteiger charge is 2.33. The zero-order chi connectivity index (χ0) is 25.4. The number of phenolic OH excluding ortho intramolecular Hbond substituents is 1. The second kappa shape index (κ2) is 9.60. The van der Waals surface area contributed by atoms with E-state index in [0.717, 1.165) is 10.4 Å². The summed E-state index contributed by atoms with van der Waals surface area (Å²) in [7, 11) is 1.47. The maximum absolute atomic E-state index is 13.7. The number of methoxy groups -OCH3 is 1. The summed E-state index contributed by atoms with van der Waals surface area (Å²) in [6, 6.07) is 15.7. The van der Waals surface area contributed by atoms with Crippen LogP contribution < -0.4 is 24.9 Å². The molecule has 2 N–H and O–H groups in total. The van der Waals surface area contributed by atoms with Gasteiger partial charge in [0.2, 0.25) is 0 Å². The number of hydrogen-bond donors (Lipinski definition) is 2. The van der Waals surface area contributed by atoms with Crippen molar-refractivity contribution in [2.45, 2.75) is 19.9 Å². The number of phenols is 1. The van der Waals surface area contributed by atoms with Crippen LogP contribution in [0.2, 0.25) is 0 Å². The topological polar surface area (TPSA) is 92.9 Å². The Hall–Kier alpha value is -3.95. The van der Waals surface area contributed by atoms with Gasteiger partial charge in [-0.25, -0.2) is 4.99 Å². The minimum absolute atomic E-state index is 0.0220. The van der Waals surface area contributed by atoms with E-state index in [-0.39, 0.29) is 17.2 Å². The Bertz CT molecular complexity index is 1680. The van der Waals surface area contributed by atoms with Gasteiger partial charge in [-0.15, -0.1) is 11.3 Å². The number of carbonyl (C=O) groups is 1. The number of carbonyl (C=O) groups excluding carboxylic acids is 1. The van der Waals surface area contributed by atoms with Crippen LogP contribution in [0.15, 0.2) is 81.0 Å². The molecule has 1 amide bonds. The van der Waals surface area contributed by atoms with Crippen molar-refractivity contribution in [3.63, 3.8) is 0 Å². The van der Waals surface area contributed by atoms with Gasteiger partial charge in [0.1, 0.15) is 6.04 Å². The lowest BCUT2D eigenvalue weighted by Gasteiger charge is -2.24. The Morgan fingerprint density at radius 3 is 2.69 bits per heavy atom. The number of aromatic hydroxyl groups is 1. The molecule has 1 atom stereocenters. The molecule has 0 saturated heterocycles. The Kier molecular flexibility index (Phi) is 6.34. The number of thiophene rings is 1. The molecule has 2 aromatic heterocycles. The predicted molar refractivity (Wildman–Crippen MR) is 143 cm³/mol. The van der Waals surface area contributed by atoms with Crippen molar-refractivity contribution < 1.29 is 14.6 Å². The van der Waals surface area contributed by atoms with Gasteiger partial charge in [-0.2, -0.15) is 0 Å². The third-order valence-electron chi connectivity index (χ3n) is 5.97. The maximum Gasteiger partial charge on any atom is 0.271 e. The van der Waals surface area contributed by atoms with Crippen molar-refractivity contribution in [2.75, 3.05) is 12.4 Å². The number of hydrogen-bond acceptors (Lipinski definition) is 7. The summed E-state index contributed by atoms with van der Waals surface area (Å²) in [5.41, 5.74) is 3.13. The second-order valence-electron chi connectivity index (χ2n) is 8.30. The van der Waals surface area contributed by atoms with E-state index in [1.165, 1.54) is 35.8 Å². The summed E-state index contributed by atoms with van der Waals surface area (Å²) < 4.78 is 7.26. The third-order valence-corrected chi connectivity index (χ3v) is 7.88. The van der Waals surface area contributed by atoms with E-state index in [1.807, 2.05) is 48.7 Å². The molecule has 3 heterocycles. The molecule has 9 heteroatoms. The highest BCUT2D eigenvalue weighted by atomic mass is 32.1. The quantitative estimate of drug-likeness (QED) is 0.419. The summed E-state index contributed by atoms with van der Waals surface area (Å²) in [4.78, 5) is 33.3. The van der Waals surface area contributed by atoms with Crippen LogP contribution in [0.1, 0.15) is 29.0 Å². The van der Waals surface area contributed by atoms with Crippen molar-refractivity contribution >= 4 is 40.3 Å². The molecule has 0 aliphatic carbocycles. The van der Waals surface area contributed by atoms with E-state index in [0.29, 0.717) is 37.6 Å². The average molecular weight is 518 g/mol. The normalized spacial score (nSPS) is 15.4. The average Bonchev–Trinajstić information content (AvgIpc) is 3.49. The number of ether oxygens (including phenoxy) is 1. The molecule has 7 nitrogen and oxygen atoms in total. The number of amides is 1. The van der Waals surface area contributed by atoms with Crippen LogP contribution in [0.25, 0.3) is 6.08 Å². The van der Waals surface area contributed by atoms with Crippen LogP contribution >= 0.6 is 22.7 Å². The van der Waals surface area contributed by atoms with E-state index in [2.05, 4.69) is 10.3 Å². The van der Waals surface area contributed by atoms with Crippen LogP contribution in [-0.2, 0) is 4.79 Å². The van der Waals surface area contributed by atoms with Crippen LogP contribution in [0.4, 0.5) is 5.69 Å². The fraction of sp³-hybridized carbons (Fsp3) is 0.148. The van der Waals surface area contributed by atoms with Crippen molar-refractivity contribution in [3.8, 4) is 11.5 Å². The first-order chi connectivity index (χ1) is 17.4. The lowest BCUT2D eigenvalue weighted by atomic mass is 10.0. The molecule has 0 radical (unpaired) electrons. The highest BCUT2D eigenvalue weighted by Crippen LogP contribution is 2.33. The zero-order valence-electron chi connectivity index (χ0n) is 19.8. The van der Waals surface area contributed by atoms with Gasteiger partial charge in [0.05, 0.1) is 22.9 Å². The van der Waals surface area contributed by atoms with Gasteiger partial charge in [-0.3, -0.25) is 14.2 Å². The molecule has 0 bridgehead atoms. The van der Waals surface area contributed by atoms with E-state index in [1.54, 1.807) is 29.7 Å². The van der Waals surface area contributed by atoms with Gasteiger partial charge >= 0.3 is 0 Å². The molecule has 36 heavy (non-hydrogen) atoms. The molecule has 1 aliphatic heterocycles. The first-order valence-electron chi connectivity index (χ1n) is 11.2. The number of rotatable bonds is 5. The number of fused-ring (bicyclic) bond motifs is 1. The van der Waals surface area contributed by atoms with Gasteiger partial charge in [0, 0.05) is 10.6 Å². The number of anilines is 1. The fourth-order valence-electron chi connectivity index (χ4n) is 4.17. The van der Waals surface area contributed by atoms with Gasteiger partial charge < -0.3 is 15.2 Å². The third kappa shape index (κ3) is 4.27. The van der Waals surface area contributed by atoms with Gasteiger partial charge in [-0.1, -0.05) is 41.7 Å². The zero-order valence-corrected chi connectivity index (χ0v) is 21.4. The molecular formula is C27H23N3O4S2. The fourth-order valence-corrected chi connectivity index (χ4v) is 6.04. The Morgan fingerprint density at radius 1 is 1.17 bits per heavy atom. The van der Waals surface area contributed by atoms with Crippen molar-refractivity contribution in [2.24, 2.45) is 4.99 Å². The largest absolute Gasteiger partial charge is 0.504 e. The van der Waals surface area contributed by atoms with Crippen molar-refractivity contribution in [3.05, 3.63) is 107 Å². The number of nitrogens with one attached hydrogen (secondary N) is 1. The summed E-state index contributed by atoms with van der Waals surface area (Å²) in [5, 5.41) is 14.8. The molecule has 0 saturated carbocycles. The van der Waals surface area contributed by atoms with E-state index in [9.17, 15) is 14.7 Å². The van der Waals surface area contributed by atoms with Gasteiger partial charge in [0.15, 0.2) is 16.3 Å². The number of aromatic nitrogens is 1. The van der Waals surface area contributed by atoms with Crippen LogP contribution in [0.3, 0.4) is 0 Å². The van der Waals surface area contributed by atoms with Gasteiger partial charge in [-0.05, 0) is 60.7 Å². The number of nitrogens with zero attached hydrogens (tertiary/aromatic N) is 2. The lowest BCUT2D eigenvalue weighted by Crippen LogP contribution is -2.40. The van der Waals surface area contributed by atoms with Crippen LogP contribution in [-0.4, -0.2) is 22.7 Å². The monoisotopic (exact) mass is 517 g/mol. The molecule has 0 spiro atoms. The molecule has 4 aromatic rings. The SMILES string of the molecule is COc1cc(/C=c2/sc3n(c2=O)C(c2cccs2)C(C(=O)Nc2ccccc2C)=C(C)N=3)ccc1O. The number of aryl methyl sites for hydroxylation is 1. The molecule has 1 aliphatic rings. The summed E-state index contributed by atoms with van der Waals surface area (Å²) >= 11 is 2.75. The molecule has 182 valence electrons. The van der Waals surface area contributed by atoms with Crippen molar-refractivity contribution in [1.29, 1.82) is 0 Å². The molecule has 1 unspecified atom stereocenters. The Balaban J connectivity index is 1.64. The second-order valence-corrected chi connectivity index (χ2v) is 10.3. The lowest BCUT2D eigenvalue weighted by molar-refractivity contribution is -0.113. The smallest absolute Gasteiger partial charge is 0.271 e. The van der Waals surface area contributed by atoms with E-state index >= 15 is 0 Å². The summed E-state index contributed by atoms with van der Waals surface area (Å²) in [6.07, 6.45) is 1.74. The highest BCUT2D eigenvalue weighted by molar-refractivity contribution is 7.10. The van der Waals surface area contributed by atoms with Crippen LogP contribution in [0.5, 0.6) is 11.5 Å². The van der Waals surface area contributed by atoms with Gasteiger partial charge in [0.25, 0.3) is 11.5 Å². The Labute approximate surface area is 215 Å². The minimum Gasteiger partial charge on any atom is -0.504 e. The molecule has 0 fully saturated rings. The molecule has 2 aromatic carbocycles. The predicted octanol–water partition coefficient (Wildman–Crippen LogP) is 3.96. The first-order valence-corrected chi connectivity index (χ1v) is 12.9. The summed E-state index contributed by atoms with van der Waals surface area (Å²) in [6.45, 7) is 3.73. The number of benzene rings is 2. The van der Waals surface area contributed by atoms with Crippen LogP contribution in [0, 0.1) is 6.92 Å². The number of allylic oxidation sites excluding steroid dienone is 1. The standard InChI is InChI=1S/C27H23N3O4S2/c1-15-7-4-5-8-18(15)29-25(32)23-16(2)28-27-30(24(23)21-9-6-12-35-21)26(33)22(36-27)14-17-10-11-19(31)20(13-17)34-3/h4-14,24,31H,1-3H3,(H,29,32)/b22-14+. The molecule has 5 rings (SSSR count). The summed E-state index contributed by atoms with van der Waals surface area (Å²) in [5.74, 6) is 0.0502. The van der Waals surface area contributed by atoms with E-state index < -0.39 is 6.04 Å². The number of para-hydroxylation sites is 1. The maximum atomic E-state index is 13.7.